The number of carbonyl (C=O) groups is 1. The monoisotopic (exact) mass is 340 g/mol. The molecule has 0 aliphatic rings. The summed E-state index contributed by atoms with van der Waals surface area (Å²) >= 11 is 0. The van der Waals surface area contributed by atoms with Gasteiger partial charge >= 0.3 is 0 Å². The smallest absolute Gasteiger partial charge is 0.272 e. The van der Waals surface area contributed by atoms with Crippen LogP contribution in [0.2, 0.25) is 0 Å². The van der Waals surface area contributed by atoms with Gasteiger partial charge in [-0.2, -0.15) is 5.10 Å². The van der Waals surface area contributed by atoms with E-state index in [0.717, 1.165) is 12.8 Å². The molecule has 0 spiro atoms. The molecule has 23 heavy (non-hydrogen) atoms. The van der Waals surface area contributed by atoms with Crippen LogP contribution in [-0.4, -0.2) is 27.8 Å². The van der Waals surface area contributed by atoms with Crippen molar-refractivity contribution in [3.05, 3.63) is 48.0 Å². The highest BCUT2D eigenvalue weighted by atomic mass is 35.5. The summed E-state index contributed by atoms with van der Waals surface area (Å²) < 4.78 is 14.5. The van der Waals surface area contributed by atoms with Crippen LogP contribution in [0.4, 0.5) is 4.39 Å². The van der Waals surface area contributed by atoms with E-state index in [1.54, 1.807) is 24.4 Å². The summed E-state index contributed by atoms with van der Waals surface area (Å²) in [4.78, 5) is 12.3. The zero-order valence-electron chi connectivity index (χ0n) is 13.3. The Bertz CT molecular complexity index is 630. The normalized spacial score (nSPS) is 11.0. The van der Waals surface area contributed by atoms with Gasteiger partial charge in [0.1, 0.15) is 5.82 Å². The van der Waals surface area contributed by atoms with E-state index in [1.165, 1.54) is 16.8 Å². The highest BCUT2D eigenvalue weighted by molar-refractivity contribution is 5.92. The Labute approximate surface area is 141 Å². The van der Waals surface area contributed by atoms with Gasteiger partial charge in [0.2, 0.25) is 0 Å². The van der Waals surface area contributed by atoms with Crippen LogP contribution in [0.5, 0.6) is 0 Å². The fourth-order valence-corrected chi connectivity index (χ4v) is 2.25. The summed E-state index contributed by atoms with van der Waals surface area (Å²) in [6.07, 6.45) is 3.18. The third-order valence-corrected chi connectivity index (χ3v) is 4.04. The Balaban J connectivity index is 0.00000264. The molecule has 0 aliphatic carbocycles. The van der Waals surface area contributed by atoms with E-state index in [1.807, 2.05) is 13.8 Å². The Hall–Kier alpha value is -1.92. The van der Waals surface area contributed by atoms with Crippen LogP contribution in [-0.2, 0) is 0 Å². The van der Waals surface area contributed by atoms with Gasteiger partial charge in [-0.25, -0.2) is 9.07 Å². The van der Waals surface area contributed by atoms with Crippen molar-refractivity contribution in [2.24, 2.45) is 5.73 Å². The first-order valence-electron chi connectivity index (χ1n) is 7.38. The fourth-order valence-electron chi connectivity index (χ4n) is 2.25. The quantitative estimate of drug-likeness (QED) is 0.849. The number of hydrogen-bond donors (Lipinski definition) is 2. The lowest BCUT2D eigenvalue weighted by Gasteiger charge is -2.31. The molecule has 7 heteroatoms. The topological polar surface area (TPSA) is 72.9 Å². The predicted molar refractivity (Wildman–Crippen MR) is 90.6 cm³/mol. The van der Waals surface area contributed by atoms with Gasteiger partial charge in [-0.1, -0.05) is 13.8 Å². The zero-order chi connectivity index (χ0) is 16.2. The van der Waals surface area contributed by atoms with Crippen molar-refractivity contribution in [1.29, 1.82) is 0 Å². The first-order chi connectivity index (χ1) is 10.5. The molecule has 0 radical (unpaired) electrons. The van der Waals surface area contributed by atoms with Crippen LogP contribution in [0, 0.1) is 5.82 Å². The molecule has 1 aromatic carbocycles. The molecule has 3 N–H and O–H groups in total. The summed E-state index contributed by atoms with van der Waals surface area (Å²) in [5.41, 5.74) is 6.38. The minimum Gasteiger partial charge on any atom is -0.344 e. The number of halogens is 2. The van der Waals surface area contributed by atoms with E-state index < -0.39 is 5.54 Å². The van der Waals surface area contributed by atoms with Crippen LogP contribution in [0.3, 0.4) is 0 Å². The van der Waals surface area contributed by atoms with E-state index in [-0.39, 0.29) is 24.1 Å². The average molecular weight is 341 g/mol. The van der Waals surface area contributed by atoms with E-state index in [4.69, 9.17) is 5.73 Å². The number of nitrogens with zero attached hydrogens (tertiary/aromatic N) is 2. The SMILES string of the molecule is CCC(CC)(CN)NC(=O)c1ccn(-c2ccc(F)cc2)n1.Cl. The molecule has 2 aromatic rings. The molecule has 126 valence electrons. The number of carbonyl (C=O) groups excluding carboxylic acids is 1. The Morgan fingerprint density at radius 1 is 1.26 bits per heavy atom. The van der Waals surface area contributed by atoms with Gasteiger partial charge in [0.15, 0.2) is 5.69 Å². The molecular weight excluding hydrogens is 319 g/mol. The molecule has 1 aromatic heterocycles. The van der Waals surface area contributed by atoms with E-state index in [9.17, 15) is 9.18 Å². The molecule has 0 saturated carbocycles. The van der Waals surface area contributed by atoms with Gasteiger partial charge in [0, 0.05) is 12.7 Å². The van der Waals surface area contributed by atoms with Crippen molar-refractivity contribution >= 4 is 18.3 Å². The molecule has 1 heterocycles. The number of nitrogens with two attached hydrogens (primary N) is 1. The molecule has 2 rings (SSSR count). The van der Waals surface area contributed by atoms with Crippen molar-refractivity contribution in [2.45, 2.75) is 32.2 Å². The van der Waals surface area contributed by atoms with E-state index in [0.29, 0.717) is 17.9 Å². The number of amides is 1. The van der Waals surface area contributed by atoms with Crippen LogP contribution in [0.25, 0.3) is 5.69 Å². The molecule has 0 bridgehead atoms. The predicted octanol–water partition coefficient (Wildman–Crippen LogP) is 2.68. The molecule has 0 atom stereocenters. The van der Waals surface area contributed by atoms with Crippen LogP contribution in [0.1, 0.15) is 37.2 Å². The minimum atomic E-state index is -0.406. The Kier molecular flexibility index (Phi) is 6.72. The Morgan fingerprint density at radius 2 is 1.87 bits per heavy atom. The van der Waals surface area contributed by atoms with Crippen molar-refractivity contribution < 1.29 is 9.18 Å². The van der Waals surface area contributed by atoms with Gasteiger partial charge in [0.25, 0.3) is 5.91 Å². The van der Waals surface area contributed by atoms with Crippen LogP contribution in [0.15, 0.2) is 36.5 Å². The number of hydrogen-bond acceptors (Lipinski definition) is 3. The second kappa shape index (κ2) is 8.08. The molecule has 0 aliphatic heterocycles. The average Bonchev–Trinajstić information content (AvgIpc) is 3.03. The zero-order valence-corrected chi connectivity index (χ0v) is 14.1. The standard InChI is InChI=1S/C16H21FN4O.ClH/c1-3-16(4-2,11-18)19-15(22)14-9-10-21(20-14)13-7-5-12(17)6-8-13;/h5-10H,3-4,11,18H2,1-2H3,(H,19,22);1H. The van der Waals surface area contributed by atoms with Gasteiger partial charge < -0.3 is 11.1 Å². The maximum absolute atomic E-state index is 12.9. The number of benzene rings is 1. The van der Waals surface area contributed by atoms with E-state index >= 15 is 0 Å². The lowest BCUT2D eigenvalue weighted by Crippen LogP contribution is -2.53. The van der Waals surface area contributed by atoms with Crippen molar-refractivity contribution in [1.82, 2.24) is 15.1 Å². The van der Waals surface area contributed by atoms with Crippen LogP contribution < -0.4 is 11.1 Å². The fraction of sp³-hybridized carbons (Fsp3) is 0.375. The summed E-state index contributed by atoms with van der Waals surface area (Å²) in [6.45, 7) is 4.37. The number of nitrogens with one attached hydrogen (secondary N) is 1. The highest BCUT2D eigenvalue weighted by Crippen LogP contribution is 2.15. The second-order valence-electron chi connectivity index (χ2n) is 5.27. The summed E-state index contributed by atoms with van der Waals surface area (Å²) in [5.74, 6) is -0.567. The number of rotatable bonds is 6. The molecular formula is C16H22ClFN4O. The van der Waals surface area contributed by atoms with Crippen molar-refractivity contribution in [2.75, 3.05) is 6.54 Å². The van der Waals surface area contributed by atoms with Crippen molar-refractivity contribution in [3.8, 4) is 5.69 Å². The summed E-state index contributed by atoms with van der Waals surface area (Å²) in [5, 5.41) is 7.21. The second-order valence-corrected chi connectivity index (χ2v) is 5.27. The molecule has 0 saturated heterocycles. The van der Waals surface area contributed by atoms with Gasteiger partial charge in [-0.15, -0.1) is 12.4 Å². The van der Waals surface area contributed by atoms with Gasteiger partial charge in [0.05, 0.1) is 11.2 Å². The lowest BCUT2D eigenvalue weighted by atomic mass is 9.93. The molecule has 1 amide bonds. The molecule has 0 fully saturated rings. The highest BCUT2D eigenvalue weighted by Gasteiger charge is 2.27. The molecule has 5 nitrogen and oxygen atoms in total. The first kappa shape index (κ1) is 19.1. The largest absolute Gasteiger partial charge is 0.344 e. The Morgan fingerprint density at radius 3 is 2.39 bits per heavy atom. The van der Waals surface area contributed by atoms with Crippen molar-refractivity contribution in [3.63, 3.8) is 0 Å². The lowest BCUT2D eigenvalue weighted by molar-refractivity contribution is 0.0889. The third-order valence-electron chi connectivity index (χ3n) is 4.04. The third kappa shape index (κ3) is 4.30. The molecule has 0 unspecified atom stereocenters. The van der Waals surface area contributed by atoms with Gasteiger partial charge in [-0.3, -0.25) is 4.79 Å². The number of aromatic nitrogens is 2. The maximum atomic E-state index is 12.9. The first-order valence-corrected chi connectivity index (χ1v) is 7.38. The van der Waals surface area contributed by atoms with Gasteiger partial charge in [-0.05, 0) is 43.2 Å². The summed E-state index contributed by atoms with van der Waals surface area (Å²) in [7, 11) is 0. The van der Waals surface area contributed by atoms with Crippen LogP contribution >= 0.6 is 12.4 Å². The van der Waals surface area contributed by atoms with E-state index in [2.05, 4.69) is 10.4 Å². The minimum absolute atomic E-state index is 0. The maximum Gasteiger partial charge on any atom is 0.272 e. The summed E-state index contributed by atoms with van der Waals surface area (Å²) in [6, 6.07) is 7.54.